The van der Waals surface area contributed by atoms with Crippen LogP contribution >= 0.6 is 0 Å². The normalized spacial score (nSPS) is 16.6. The number of aromatic nitrogens is 2. The fraction of sp³-hybridized carbons (Fsp3) is 0.692. The van der Waals surface area contributed by atoms with Crippen LogP contribution in [0.1, 0.15) is 19.3 Å². The minimum absolute atomic E-state index is 0.338. The predicted octanol–water partition coefficient (Wildman–Crippen LogP) is 0.853. The number of nitrogens with one attached hydrogen (secondary N) is 1. The molecule has 2 heterocycles. The Kier molecular flexibility index (Phi) is 5.35. The molecule has 1 aliphatic rings. The lowest BCUT2D eigenvalue weighted by atomic mass is 10.1. The molecule has 0 radical (unpaired) electrons. The van der Waals surface area contributed by atoms with E-state index in [-0.39, 0.29) is 0 Å². The van der Waals surface area contributed by atoms with E-state index in [4.69, 9.17) is 10.5 Å². The van der Waals surface area contributed by atoms with E-state index in [0.717, 1.165) is 57.1 Å². The van der Waals surface area contributed by atoms with Gasteiger partial charge in [0, 0.05) is 45.5 Å². The molecule has 0 aliphatic carbocycles. The molecule has 0 spiro atoms. The molecule has 106 valence electrons. The molecular weight excluding hydrogens is 242 g/mol. The van der Waals surface area contributed by atoms with Crippen LogP contribution in [-0.2, 0) is 4.74 Å². The third-order valence-electron chi connectivity index (χ3n) is 3.35. The van der Waals surface area contributed by atoms with E-state index in [9.17, 15) is 0 Å². The molecule has 0 bridgehead atoms. The number of nitrogens with two attached hydrogens (primary N) is 1. The Balaban J connectivity index is 1.87. The standard InChI is InChI=1S/C13H23N5O/c1-19-8-2-5-15-12-9-13(17-10-16-12)18-6-3-11(14)4-7-18/h9-11H,2-8,14H2,1H3,(H,15,16,17). The number of rotatable bonds is 6. The molecule has 6 heteroatoms. The Morgan fingerprint density at radius 2 is 2.21 bits per heavy atom. The molecule has 0 amide bonds. The smallest absolute Gasteiger partial charge is 0.134 e. The fourth-order valence-corrected chi connectivity index (χ4v) is 2.18. The van der Waals surface area contributed by atoms with Crippen LogP contribution in [0.3, 0.4) is 0 Å². The largest absolute Gasteiger partial charge is 0.385 e. The summed E-state index contributed by atoms with van der Waals surface area (Å²) < 4.78 is 5.02. The first kappa shape index (κ1) is 14.0. The lowest BCUT2D eigenvalue weighted by molar-refractivity contribution is 0.198. The summed E-state index contributed by atoms with van der Waals surface area (Å²) in [5.74, 6) is 1.85. The predicted molar refractivity (Wildman–Crippen MR) is 76.4 cm³/mol. The second kappa shape index (κ2) is 7.25. The SMILES string of the molecule is COCCCNc1cc(N2CCC(N)CC2)ncn1. The maximum atomic E-state index is 5.92. The summed E-state index contributed by atoms with van der Waals surface area (Å²) in [6.45, 7) is 3.56. The summed E-state index contributed by atoms with van der Waals surface area (Å²) in [5, 5.41) is 3.29. The average molecular weight is 265 g/mol. The molecule has 2 rings (SSSR count). The molecule has 1 fully saturated rings. The van der Waals surface area contributed by atoms with Gasteiger partial charge in [0.15, 0.2) is 0 Å². The van der Waals surface area contributed by atoms with E-state index in [0.29, 0.717) is 6.04 Å². The Morgan fingerprint density at radius 1 is 1.42 bits per heavy atom. The third-order valence-corrected chi connectivity index (χ3v) is 3.35. The highest BCUT2D eigenvalue weighted by Gasteiger charge is 2.17. The highest BCUT2D eigenvalue weighted by Crippen LogP contribution is 2.18. The van der Waals surface area contributed by atoms with Crippen molar-refractivity contribution in [3.05, 3.63) is 12.4 Å². The maximum absolute atomic E-state index is 5.92. The number of methoxy groups -OCH3 is 1. The van der Waals surface area contributed by atoms with Crippen LogP contribution in [0.2, 0.25) is 0 Å². The number of hydrogen-bond donors (Lipinski definition) is 2. The summed E-state index contributed by atoms with van der Waals surface area (Å²) in [5.41, 5.74) is 5.92. The molecule has 6 nitrogen and oxygen atoms in total. The molecule has 3 N–H and O–H groups in total. The van der Waals surface area contributed by atoms with Gasteiger partial charge in [-0.25, -0.2) is 9.97 Å². The molecule has 19 heavy (non-hydrogen) atoms. The van der Waals surface area contributed by atoms with Gasteiger partial charge in [-0.05, 0) is 19.3 Å². The molecule has 0 saturated carbocycles. The molecule has 1 aromatic rings. The van der Waals surface area contributed by atoms with Crippen molar-refractivity contribution in [3.8, 4) is 0 Å². The lowest BCUT2D eigenvalue weighted by Gasteiger charge is -2.31. The van der Waals surface area contributed by atoms with Crippen molar-refractivity contribution in [2.45, 2.75) is 25.3 Å². The van der Waals surface area contributed by atoms with Crippen molar-refractivity contribution >= 4 is 11.6 Å². The quantitative estimate of drug-likeness (QED) is 0.743. The Labute approximate surface area is 114 Å². The second-order valence-electron chi connectivity index (χ2n) is 4.86. The molecule has 0 aromatic carbocycles. The number of anilines is 2. The van der Waals surface area contributed by atoms with Crippen LogP contribution in [0.5, 0.6) is 0 Å². The summed E-state index contributed by atoms with van der Waals surface area (Å²) in [4.78, 5) is 10.8. The second-order valence-corrected chi connectivity index (χ2v) is 4.86. The molecule has 0 atom stereocenters. The zero-order valence-corrected chi connectivity index (χ0v) is 11.5. The summed E-state index contributed by atoms with van der Waals surface area (Å²) in [6.07, 6.45) is 4.64. The minimum Gasteiger partial charge on any atom is -0.385 e. The zero-order chi connectivity index (χ0) is 13.5. The lowest BCUT2D eigenvalue weighted by Crippen LogP contribution is -2.40. The van der Waals surface area contributed by atoms with Crippen LogP contribution in [0, 0.1) is 0 Å². The van der Waals surface area contributed by atoms with Gasteiger partial charge >= 0.3 is 0 Å². The van der Waals surface area contributed by atoms with Crippen LogP contribution < -0.4 is 16.0 Å². The monoisotopic (exact) mass is 265 g/mol. The maximum Gasteiger partial charge on any atom is 0.134 e. The van der Waals surface area contributed by atoms with Gasteiger partial charge in [0.1, 0.15) is 18.0 Å². The number of nitrogens with zero attached hydrogens (tertiary/aromatic N) is 3. The van der Waals surface area contributed by atoms with Gasteiger partial charge in [0.2, 0.25) is 0 Å². The van der Waals surface area contributed by atoms with Gasteiger partial charge in [0.05, 0.1) is 0 Å². The first-order valence-electron chi connectivity index (χ1n) is 6.85. The molecular formula is C13H23N5O. The fourth-order valence-electron chi connectivity index (χ4n) is 2.18. The topological polar surface area (TPSA) is 76.3 Å². The van der Waals surface area contributed by atoms with Crippen molar-refractivity contribution < 1.29 is 4.74 Å². The average Bonchev–Trinajstić information content (AvgIpc) is 2.45. The van der Waals surface area contributed by atoms with Crippen LogP contribution in [0.15, 0.2) is 12.4 Å². The minimum atomic E-state index is 0.338. The van der Waals surface area contributed by atoms with E-state index < -0.39 is 0 Å². The summed E-state index contributed by atoms with van der Waals surface area (Å²) >= 11 is 0. The number of piperidine rings is 1. The van der Waals surface area contributed by atoms with Gasteiger partial charge < -0.3 is 20.7 Å². The summed E-state index contributed by atoms with van der Waals surface area (Å²) in [7, 11) is 1.71. The number of ether oxygens (including phenoxy) is 1. The molecule has 1 saturated heterocycles. The Bertz CT molecular complexity index is 379. The van der Waals surface area contributed by atoms with Crippen molar-refractivity contribution in [2.75, 3.05) is 43.6 Å². The van der Waals surface area contributed by atoms with Gasteiger partial charge in [-0.2, -0.15) is 0 Å². The zero-order valence-electron chi connectivity index (χ0n) is 11.5. The van der Waals surface area contributed by atoms with Crippen molar-refractivity contribution in [1.82, 2.24) is 9.97 Å². The van der Waals surface area contributed by atoms with E-state index in [2.05, 4.69) is 20.2 Å². The van der Waals surface area contributed by atoms with Gasteiger partial charge in [-0.3, -0.25) is 0 Å². The van der Waals surface area contributed by atoms with Crippen molar-refractivity contribution in [2.24, 2.45) is 5.73 Å². The third kappa shape index (κ3) is 4.33. The van der Waals surface area contributed by atoms with Crippen LogP contribution in [0.25, 0.3) is 0 Å². The van der Waals surface area contributed by atoms with E-state index in [1.165, 1.54) is 0 Å². The van der Waals surface area contributed by atoms with E-state index in [1.54, 1.807) is 13.4 Å². The highest BCUT2D eigenvalue weighted by atomic mass is 16.5. The van der Waals surface area contributed by atoms with Crippen molar-refractivity contribution in [1.29, 1.82) is 0 Å². The highest BCUT2D eigenvalue weighted by molar-refractivity contribution is 5.48. The van der Waals surface area contributed by atoms with Gasteiger partial charge in [-0.15, -0.1) is 0 Å². The van der Waals surface area contributed by atoms with E-state index >= 15 is 0 Å². The van der Waals surface area contributed by atoms with E-state index in [1.807, 2.05) is 6.07 Å². The van der Waals surface area contributed by atoms with Crippen LogP contribution in [-0.4, -0.2) is 49.4 Å². The first-order valence-corrected chi connectivity index (χ1v) is 6.85. The molecule has 1 aliphatic heterocycles. The Hall–Kier alpha value is -1.40. The molecule has 1 aromatic heterocycles. The first-order chi connectivity index (χ1) is 9.29. The van der Waals surface area contributed by atoms with Crippen molar-refractivity contribution in [3.63, 3.8) is 0 Å². The number of hydrogen-bond acceptors (Lipinski definition) is 6. The Morgan fingerprint density at radius 3 is 2.95 bits per heavy atom. The van der Waals surface area contributed by atoms with Gasteiger partial charge in [0.25, 0.3) is 0 Å². The van der Waals surface area contributed by atoms with Crippen LogP contribution in [0.4, 0.5) is 11.6 Å². The molecule has 0 unspecified atom stereocenters. The van der Waals surface area contributed by atoms with Gasteiger partial charge in [-0.1, -0.05) is 0 Å². The summed E-state index contributed by atoms with van der Waals surface area (Å²) in [6, 6.07) is 2.34.